The van der Waals surface area contributed by atoms with Gasteiger partial charge in [0.05, 0.1) is 17.1 Å². The van der Waals surface area contributed by atoms with Crippen LogP contribution in [-0.4, -0.2) is 72.5 Å². The van der Waals surface area contributed by atoms with Crippen molar-refractivity contribution in [2.24, 2.45) is 16.7 Å². The molecule has 4 aliphatic rings. The van der Waals surface area contributed by atoms with E-state index in [1.54, 1.807) is 26.0 Å². The summed E-state index contributed by atoms with van der Waals surface area (Å²) in [5.41, 5.74) is -6.09. The lowest BCUT2D eigenvalue weighted by molar-refractivity contribution is -0.326. The van der Waals surface area contributed by atoms with Gasteiger partial charge in [0.25, 0.3) is 0 Å². The van der Waals surface area contributed by atoms with Gasteiger partial charge < -0.3 is 29.9 Å². The van der Waals surface area contributed by atoms with Gasteiger partial charge in [-0.25, -0.2) is 4.79 Å². The number of esters is 2. The molecule has 0 amide bonds. The molecule has 0 bridgehead atoms. The van der Waals surface area contributed by atoms with E-state index in [4.69, 9.17) is 9.47 Å². The Hall–Kier alpha value is -2.33. The zero-order valence-electron chi connectivity index (χ0n) is 22.5. The van der Waals surface area contributed by atoms with Crippen LogP contribution >= 0.6 is 0 Å². The number of aliphatic hydroxyl groups is 4. The summed E-state index contributed by atoms with van der Waals surface area (Å²) in [6.45, 7) is 6.54. The van der Waals surface area contributed by atoms with Gasteiger partial charge in [-0.15, -0.1) is 0 Å². The van der Waals surface area contributed by atoms with Crippen LogP contribution in [0.1, 0.15) is 83.0 Å². The van der Waals surface area contributed by atoms with E-state index < -0.39 is 63.8 Å². The van der Waals surface area contributed by atoms with Crippen molar-refractivity contribution in [1.82, 2.24) is 4.98 Å². The van der Waals surface area contributed by atoms with Crippen LogP contribution in [0.5, 0.6) is 0 Å². The largest absolute Gasteiger partial charge is 0.462 e. The van der Waals surface area contributed by atoms with E-state index in [2.05, 4.69) is 11.9 Å². The van der Waals surface area contributed by atoms with Crippen molar-refractivity contribution in [3.63, 3.8) is 0 Å². The highest BCUT2D eigenvalue weighted by Gasteiger charge is 2.81. The molecule has 4 aliphatic carbocycles. The van der Waals surface area contributed by atoms with Crippen LogP contribution < -0.4 is 0 Å². The maximum Gasteiger partial charge on any atom is 0.340 e. The summed E-state index contributed by atoms with van der Waals surface area (Å²) >= 11 is 0. The summed E-state index contributed by atoms with van der Waals surface area (Å²) in [7, 11) is 0. The van der Waals surface area contributed by atoms with E-state index in [1.807, 2.05) is 6.08 Å². The Morgan fingerprint density at radius 1 is 1.16 bits per heavy atom. The second-order valence-electron chi connectivity index (χ2n) is 12.3. The third-order valence-electron chi connectivity index (χ3n) is 10.8. The number of rotatable bonds is 4. The number of aromatic nitrogens is 1. The fourth-order valence-electron chi connectivity index (χ4n) is 8.50. The number of carbonyl (C=O) groups excluding carboxylic acids is 2. The van der Waals surface area contributed by atoms with E-state index in [9.17, 15) is 30.0 Å². The molecule has 9 nitrogen and oxygen atoms in total. The molecule has 5 rings (SSSR count). The van der Waals surface area contributed by atoms with E-state index >= 15 is 0 Å². The summed E-state index contributed by atoms with van der Waals surface area (Å²) in [6.07, 6.45) is 4.45. The van der Waals surface area contributed by atoms with E-state index in [1.165, 1.54) is 19.3 Å². The molecule has 0 saturated heterocycles. The highest BCUT2D eigenvalue weighted by Crippen LogP contribution is 2.71. The molecule has 3 saturated carbocycles. The Kier molecular flexibility index (Phi) is 6.34. The van der Waals surface area contributed by atoms with E-state index in [0.29, 0.717) is 19.3 Å². The molecule has 1 aromatic rings. The third-order valence-corrected chi connectivity index (χ3v) is 10.8. The molecular formula is C29H39NO8. The molecule has 0 spiro atoms. The summed E-state index contributed by atoms with van der Waals surface area (Å²) in [4.78, 5) is 29.2. The molecule has 208 valence electrons. The number of fused-ring (bicyclic) bond motifs is 5. The monoisotopic (exact) mass is 529 g/mol. The van der Waals surface area contributed by atoms with Crippen molar-refractivity contribution in [3.05, 3.63) is 41.7 Å². The minimum Gasteiger partial charge on any atom is -0.462 e. The number of ether oxygens (including phenoxy) is 2. The van der Waals surface area contributed by atoms with Gasteiger partial charge in [-0.05, 0) is 69.4 Å². The van der Waals surface area contributed by atoms with Crippen molar-refractivity contribution in [1.29, 1.82) is 0 Å². The Labute approximate surface area is 222 Å². The normalized spacial score (nSPS) is 44.6. The minimum absolute atomic E-state index is 0.0281. The van der Waals surface area contributed by atoms with Crippen LogP contribution in [0, 0.1) is 16.7 Å². The Morgan fingerprint density at radius 2 is 1.89 bits per heavy atom. The number of aliphatic hydroxyl groups excluding tert-OH is 1. The van der Waals surface area contributed by atoms with Crippen LogP contribution in [0.25, 0.3) is 0 Å². The Bertz CT molecular complexity index is 1160. The first-order chi connectivity index (χ1) is 17.7. The van der Waals surface area contributed by atoms with E-state index in [0.717, 1.165) is 5.57 Å². The molecule has 9 atom stereocenters. The molecule has 0 aliphatic heterocycles. The Balaban J connectivity index is 1.57. The smallest absolute Gasteiger partial charge is 0.340 e. The van der Waals surface area contributed by atoms with Gasteiger partial charge in [-0.2, -0.15) is 0 Å². The molecular weight excluding hydrogens is 490 g/mol. The number of nitrogens with zero attached hydrogens (tertiary/aromatic N) is 1. The highest BCUT2D eigenvalue weighted by molar-refractivity contribution is 5.89. The van der Waals surface area contributed by atoms with Gasteiger partial charge in [0, 0.05) is 25.2 Å². The Morgan fingerprint density at radius 3 is 2.55 bits per heavy atom. The number of pyridine rings is 1. The summed E-state index contributed by atoms with van der Waals surface area (Å²) in [6, 6.07) is 3.16. The van der Waals surface area contributed by atoms with Gasteiger partial charge in [0.15, 0.2) is 0 Å². The molecule has 4 N–H and O–H groups in total. The molecule has 9 heteroatoms. The van der Waals surface area contributed by atoms with Crippen molar-refractivity contribution in [2.75, 3.05) is 0 Å². The zero-order chi connectivity index (χ0) is 27.7. The number of carbonyl (C=O) groups is 2. The quantitative estimate of drug-likeness (QED) is 0.341. The van der Waals surface area contributed by atoms with Gasteiger partial charge in [-0.3, -0.25) is 9.78 Å². The van der Waals surface area contributed by atoms with Crippen LogP contribution in [0.3, 0.4) is 0 Å². The fraction of sp³-hybridized carbons (Fsp3) is 0.690. The summed E-state index contributed by atoms with van der Waals surface area (Å²) in [5, 5.41) is 47.6. The summed E-state index contributed by atoms with van der Waals surface area (Å²) in [5.74, 6) is -1.71. The van der Waals surface area contributed by atoms with Crippen LogP contribution in [0.15, 0.2) is 36.2 Å². The fourth-order valence-corrected chi connectivity index (χ4v) is 8.50. The SMILES string of the molecule is CC(=O)O[C@@H]1C[C@@H]2[C@@]3(C)CC[C@H](O)CC3=CC[C@@]2(O)[C@@]2(O)CC[C@@](O)([C@H](C)OC(=O)c3cccnc3)[C@@]12C. The molecule has 0 unspecified atom stereocenters. The van der Waals surface area contributed by atoms with Gasteiger partial charge >= 0.3 is 11.9 Å². The van der Waals surface area contributed by atoms with Crippen LogP contribution in [0.4, 0.5) is 0 Å². The van der Waals surface area contributed by atoms with Crippen molar-refractivity contribution in [3.8, 4) is 0 Å². The lowest BCUT2D eigenvalue weighted by Gasteiger charge is -2.67. The lowest BCUT2D eigenvalue weighted by atomic mass is 9.42. The van der Waals surface area contributed by atoms with Gasteiger partial charge in [0.1, 0.15) is 29.0 Å². The predicted molar refractivity (Wildman–Crippen MR) is 136 cm³/mol. The molecule has 38 heavy (non-hydrogen) atoms. The zero-order valence-corrected chi connectivity index (χ0v) is 22.5. The molecule has 1 aromatic heterocycles. The van der Waals surface area contributed by atoms with Crippen LogP contribution in [0.2, 0.25) is 0 Å². The second-order valence-corrected chi connectivity index (χ2v) is 12.3. The molecule has 0 aromatic carbocycles. The average molecular weight is 530 g/mol. The van der Waals surface area contributed by atoms with Crippen molar-refractivity contribution in [2.45, 2.75) is 108 Å². The topological polar surface area (TPSA) is 146 Å². The predicted octanol–water partition coefficient (Wildman–Crippen LogP) is 2.45. The second kappa shape index (κ2) is 8.84. The minimum atomic E-state index is -1.85. The lowest BCUT2D eigenvalue weighted by Crippen LogP contribution is -2.78. The third kappa shape index (κ3) is 3.48. The van der Waals surface area contributed by atoms with Crippen LogP contribution in [-0.2, 0) is 14.3 Å². The maximum atomic E-state index is 12.9. The molecule has 3 fully saturated rings. The van der Waals surface area contributed by atoms with Gasteiger partial charge in [-0.1, -0.05) is 25.5 Å². The first kappa shape index (κ1) is 27.2. The first-order valence-corrected chi connectivity index (χ1v) is 13.6. The highest BCUT2D eigenvalue weighted by atomic mass is 16.6. The summed E-state index contributed by atoms with van der Waals surface area (Å²) < 4.78 is 11.6. The van der Waals surface area contributed by atoms with Crippen molar-refractivity contribution < 1.29 is 39.5 Å². The number of hydrogen-bond acceptors (Lipinski definition) is 9. The number of hydrogen-bond donors (Lipinski definition) is 4. The van der Waals surface area contributed by atoms with Crippen molar-refractivity contribution >= 4 is 11.9 Å². The molecule has 0 radical (unpaired) electrons. The van der Waals surface area contributed by atoms with Gasteiger partial charge in [0.2, 0.25) is 0 Å². The van der Waals surface area contributed by atoms with E-state index in [-0.39, 0.29) is 31.2 Å². The maximum absolute atomic E-state index is 12.9. The standard InChI is InChI=1S/C29H39NO8/c1-17(37-24(33)19-6-5-13-30-16-19)27(34)11-12-29(36)26(27,4)23(38-18(2)31)15-22-25(3)9-8-21(32)14-20(25)7-10-28(22,29)35/h5-7,13,16-17,21-23,32,34-36H,8-12,14-15H2,1-4H3/t17-,21-,22+,23+,25-,26+,27+,28-,29+/m0/s1. The first-order valence-electron chi connectivity index (χ1n) is 13.6. The molecule has 1 heterocycles. The average Bonchev–Trinajstić information content (AvgIpc) is 3.10.